The van der Waals surface area contributed by atoms with Gasteiger partial charge < -0.3 is 19.7 Å². The van der Waals surface area contributed by atoms with E-state index in [0.29, 0.717) is 38.5 Å². The minimum Gasteiger partial charge on any atom is -0.476 e. The molecule has 0 atom stereocenters. The maximum Gasteiger partial charge on any atom is 0.401 e. The van der Waals surface area contributed by atoms with E-state index in [-0.39, 0.29) is 16.8 Å². The summed E-state index contributed by atoms with van der Waals surface area (Å²) in [5.41, 5.74) is 1.96. The Morgan fingerprint density at radius 1 is 1.09 bits per heavy atom. The molecule has 2 saturated heterocycles. The number of ether oxygens (including phenoxy) is 2. The predicted octanol–water partition coefficient (Wildman–Crippen LogP) is 4.36. The Morgan fingerprint density at radius 2 is 1.79 bits per heavy atom. The van der Waals surface area contributed by atoms with Crippen LogP contribution in [0.4, 0.5) is 30.5 Å². The highest BCUT2D eigenvalue weighted by Gasteiger charge is 2.32. The van der Waals surface area contributed by atoms with Crippen molar-refractivity contribution in [2.45, 2.75) is 19.0 Å². The fourth-order valence-electron chi connectivity index (χ4n) is 3.98. The van der Waals surface area contributed by atoms with Gasteiger partial charge in [-0.05, 0) is 56.1 Å². The van der Waals surface area contributed by atoms with Gasteiger partial charge in [0.15, 0.2) is 0 Å². The van der Waals surface area contributed by atoms with Gasteiger partial charge in [-0.15, -0.1) is 0 Å². The van der Waals surface area contributed by atoms with Gasteiger partial charge in [0.25, 0.3) is 0 Å². The molecule has 180 valence electrons. The molecule has 0 unspecified atom stereocenters. The average molecular weight is 486 g/mol. The number of rotatable bonds is 7. The smallest absolute Gasteiger partial charge is 0.401 e. The summed E-state index contributed by atoms with van der Waals surface area (Å²) in [6.07, 6.45) is -1.41. The molecule has 0 aliphatic carbocycles. The molecule has 0 radical (unpaired) electrons. The molecule has 2 aliphatic rings. The molecule has 0 amide bonds. The Labute approximate surface area is 195 Å². The Balaban J connectivity index is 1.29. The first-order valence-electron chi connectivity index (χ1n) is 11.0. The van der Waals surface area contributed by atoms with Crippen molar-refractivity contribution in [1.29, 1.82) is 0 Å². The van der Waals surface area contributed by atoms with Crippen LogP contribution in [0.2, 0.25) is 5.02 Å². The maximum atomic E-state index is 12.5. The third-order valence-corrected chi connectivity index (χ3v) is 6.04. The number of alkyl halides is 3. The zero-order valence-electron chi connectivity index (χ0n) is 18.2. The minimum absolute atomic E-state index is 0.157. The molecular formula is C22H27ClF3N5O2. The minimum atomic E-state index is -4.16. The Morgan fingerprint density at radius 3 is 2.45 bits per heavy atom. The quantitative estimate of drug-likeness (QED) is 0.625. The van der Waals surface area contributed by atoms with Crippen LogP contribution in [-0.2, 0) is 4.74 Å². The molecule has 2 aromatic rings. The number of hydrogen-bond donors (Lipinski definition) is 1. The van der Waals surface area contributed by atoms with Crippen molar-refractivity contribution in [2.75, 3.05) is 62.8 Å². The summed E-state index contributed by atoms with van der Waals surface area (Å²) in [4.78, 5) is 12.3. The topological polar surface area (TPSA) is 62.8 Å². The van der Waals surface area contributed by atoms with Gasteiger partial charge >= 0.3 is 6.18 Å². The Bertz CT molecular complexity index is 902. The van der Waals surface area contributed by atoms with Crippen LogP contribution in [0.3, 0.4) is 0 Å². The third-order valence-electron chi connectivity index (χ3n) is 5.78. The lowest BCUT2D eigenvalue weighted by Gasteiger charge is -2.32. The first-order valence-corrected chi connectivity index (χ1v) is 11.4. The number of nitrogens with one attached hydrogen (secondary N) is 1. The molecule has 0 bridgehead atoms. The molecule has 3 heterocycles. The zero-order chi connectivity index (χ0) is 23.3. The molecule has 1 aromatic carbocycles. The highest BCUT2D eigenvalue weighted by molar-refractivity contribution is 6.31. The van der Waals surface area contributed by atoms with E-state index < -0.39 is 12.7 Å². The normalized spacial score (nSPS) is 18.4. The van der Waals surface area contributed by atoms with E-state index in [1.807, 2.05) is 24.3 Å². The first kappa shape index (κ1) is 23.8. The lowest BCUT2D eigenvalue weighted by Crippen LogP contribution is -2.41. The maximum absolute atomic E-state index is 12.5. The van der Waals surface area contributed by atoms with Crippen LogP contribution in [-0.4, -0.2) is 73.6 Å². The summed E-state index contributed by atoms with van der Waals surface area (Å²) < 4.78 is 48.8. The fourth-order valence-corrected chi connectivity index (χ4v) is 4.13. The largest absolute Gasteiger partial charge is 0.476 e. The van der Waals surface area contributed by atoms with Crippen LogP contribution in [0.1, 0.15) is 12.8 Å². The number of nitrogens with zero attached hydrogens (tertiary/aromatic N) is 4. The lowest BCUT2D eigenvalue weighted by molar-refractivity contribution is -0.148. The van der Waals surface area contributed by atoms with Crippen molar-refractivity contribution >= 4 is 28.9 Å². The summed E-state index contributed by atoms with van der Waals surface area (Å²) >= 11 is 6.19. The van der Waals surface area contributed by atoms with Gasteiger partial charge in [-0.2, -0.15) is 18.2 Å². The number of piperidine rings is 1. The van der Waals surface area contributed by atoms with Crippen LogP contribution in [0.25, 0.3) is 0 Å². The molecule has 7 nitrogen and oxygen atoms in total. The monoisotopic (exact) mass is 485 g/mol. The van der Waals surface area contributed by atoms with Crippen LogP contribution in [0.15, 0.2) is 30.5 Å². The van der Waals surface area contributed by atoms with Crippen molar-refractivity contribution in [1.82, 2.24) is 14.9 Å². The molecule has 11 heteroatoms. The SMILES string of the molecule is FC(F)(F)CN1CCC(COc2nc(Nc3ccc(N4CCOCC4)cc3)ncc2Cl)CC1. The molecule has 4 rings (SSSR count). The second-order valence-electron chi connectivity index (χ2n) is 8.26. The van der Waals surface area contributed by atoms with Gasteiger partial charge in [-0.3, -0.25) is 4.90 Å². The molecule has 2 fully saturated rings. The van der Waals surface area contributed by atoms with Gasteiger partial charge in [-0.1, -0.05) is 11.6 Å². The summed E-state index contributed by atoms with van der Waals surface area (Å²) in [5, 5.41) is 3.44. The second kappa shape index (κ2) is 10.8. The second-order valence-corrected chi connectivity index (χ2v) is 8.67. The van der Waals surface area contributed by atoms with E-state index >= 15 is 0 Å². The number of hydrogen-bond acceptors (Lipinski definition) is 7. The Kier molecular flexibility index (Phi) is 7.77. The number of anilines is 3. The van der Waals surface area contributed by atoms with Crippen LogP contribution in [0, 0.1) is 5.92 Å². The highest BCUT2D eigenvalue weighted by Crippen LogP contribution is 2.27. The number of morpholine rings is 1. The summed E-state index contributed by atoms with van der Waals surface area (Å²) in [7, 11) is 0. The highest BCUT2D eigenvalue weighted by atomic mass is 35.5. The molecule has 1 aromatic heterocycles. The lowest BCUT2D eigenvalue weighted by atomic mass is 9.98. The average Bonchev–Trinajstić information content (AvgIpc) is 2.80. The van der Waals surface area contributed by atoms with Crippen molar-refractivity contribution in [3.8, 4) is 5.88 Å². The molecule has 0 saturated carbocycles. The van der Waals surface area contributed by atoms with E-state index in [1.54, 1.807) is 0 Å². The molecule has 0 spiro atoms. The van der Waals surface area contributed by atoms with Gasteiger partial charge in [0, 0.05) is 24.5 Å². The zero-order valence-corrected chi connectivity index (χ0v) is 18.9. The fraction of sp³-hybridized carbons (Fsp3) is 0.545. The van der Waals surface area contributed by atoms with E-state index in [0.717, 1.165) is 37.7 Å². The van der Waals surface area contributed by atoms with Gasteiger partial charge in [-0.25, -0.2) is 4.98 Å². The van der Waals surface area contributed by atoms with E-state index in [4.69, 9.17) is 21.1 Å². The molecular weight excluding hydrogens is 459 g/mol. The molecule has 33 heavy (non-hydrogen) atoms. The van der Waals surface area contributed by atoms with Crippen molar-refractivity contribution < 1.29 is 22.6 Å². The van der Waals surface area contributed by atoms with Gasteiger partial charge in [0.1, 0.15) is 5.02 Å². The van der Waals surface area contributed by atoms with Crippen molar-refractivity contribution in [3.63, 3.8) is 0 Å². The van der Waals surface area contributed by atoms with Gasteiger partial charge in [0.2, 0.25) is 11.8 Å². The molecule has 1 N–H and O–H groups in total. The number of aromatic nitrogens is 2. The number of benzene rings is 1. The van der Waals surface area contributed by atoms with Crippen molar-refractivity contribution in [2.24, 2.45) is 5.92 Å². The van der Waals surface area contributed by atoms with E-state index in [2.05, 4.69) is 20.2 Å². The van der Waals surface area contributed by atoms with E-state index in [9.17, 15) is 13.2 Å². The Hall–Kier alpha value is -2.30. The number of likely N-dealkylation sites (tertiary alicyclic amines) is 1. The summed E-state index contributed by atoms with van der Waals surface area (Å²) in [6, 6.07) is 7.98. The van der Waals surface area contributed by atoms with E-state index in [1.165, 1.54) is 11.1 Å². The summed E-state index contributed by atoms with van der Waals surface area (Å²) in [5.74, 6) is 0.773. The molecule has 2 aliphatic heterocycles. The predicted molar refractivity (Wildman–Crippen MR) is 121 cm³/mol. The first-order chi connectivity index (χ1) is 15.9. The summed E-state index contributed by atoms with van der Waals surface area (Å²) in [6.45, 7) is 3.49. The van der Waals surface area contributed by atoms with Crippen LogP contribution < -0.4 is 15.0 Å². The third kappa shape index (κ3) is 7.09. The standard InChI is InChI=1S/C22H27ClF3N5O2/c23-19-13-27-21(28-17-1-3-18(4-2-17)31-9-11-32-12-10-31)29-20(19)33-14-16-5-7-30(8-6-16)15-22(24,25)26/h1-4,13,16H,5-12,14-15H2,(H,27,28,29). The van der Waals surface area contributed by atoms with Crippen LogP contribution >= 0.6 is 11.6 Å². The van der Waals surface area contributed by atoms with Gasteiger partial charge in [0.05, 0.1) is 32.6 Å². The number of halogens is 4. The van der Waals surface area contributed by atoms with Crippen molar-refractivity contribution in [3.05, 3.63) is 35.5 Å². The van der Waals surface area contributed by atoms with Crippen LogP contribution in [0.5, 0.6) is 5.88 Å².